The van der Waals surface area contributed by atoms with Gasteiger partial charge in [0.05, 0.1) is 11.9 Å². The van der Waals surface area contributed by atoms with Crippen LogP contribution in [-0.2, 0) is 0 Å². The first-order chi connectivity index (χ1) is 9.75. The molecule has 20 heavy (non-hydrogen) atoms. The van der Waals surface area contributed by atoms with Crippen molar-refractivity contribution in [1.29, 1.82) is 0 Å². The van der Waals surface area contributed by atoms with Crippen molar-refractivity contribution in [2.45, 2.75) is 6.10 Å². The lowest BCUT2D eigenvalue weighted by atomic mass is 10.1. The third-order valence-corrected chi connectivity index (χ3v) is 3.48. The molecule has 0 saturated heterocycles. The topological polar surface area (TPSA) is 38.1 Å². The second kappa shape index (κ2) is 5.49. The number of hydrogen-bond donors (Lipinski definition) is 1. The molecule has 1 N–H and O–H groups in total. The molecule has 0 aliphatic rings. The van der Waals surface area contributed by atoms with Crippen LogP contribution in [0.2, 0.25) is 5.02 Å². The minimum Gasteiger partial charge on any atom is -0.383 e. The van der Waals surface area contributed by atoms with E-state index < -0.39 is 6.10 Å². The van der Waals surface area contributed by atoms with Crippen LogP contribution in [0.25, 0.3) is 5.69 Å². The summed E-state index contributed by atoms with van der Waals surface area (Å²) >= 11 is 6.11. The van der Waals surface area contributed by atoms with Crippen LogP contribution in [0.1, 0.15) is 17.2 Å². The number of aliphatic hydroxyl groups is 1. The minimum atomic E-state index is -0.777. The van der Waals surface area contributed by atoms with E-state index in [-0.39, 0.29) is 0 Å². The van der Waals surface area contributed by atoms with E-state index >= 15 is 0 Å². The van der Waals surface area contributed by atoms with Gasteiger partial charge >= 0.3 is 0 Å². The van der Waals surface area contributed by atoms with Crippen molar-refractivity contribution in [1.82, 2.24) is 9.78 Å². The van der Waals surface area contributed by atoms with Gasteiger partial charge in [0.15, 0.2) is 0 Å². The summed E-state index contributed by atoms with van der Waals surface area (Å²) in [5.41, 5.74) is 2.34. The van der Waals surface area contributed by atoms with Gasteiger partial charge < -0.3 is 5.11 Å². The van der Waals surface area contributed by atoms with Gasteiger partial charge in [-0.15, -0.1) is 0 Å². The Kier molecular flexibility index (Phi) is 3.54. The van der Waals surface area contributed by atoms with Crippen LogP contribution in [0.3, 0.4) is 0 Å². The molecule has 1 atom stereocenters. The highest BCUT2D eigenvalue weighted by molar-refractivity contribution is 6.31. The highest BCUT2D eigenvalue weighted by atomic mass is 35.5. The molecule has 0 radical (unpaired) electrons. The lowest BCUT2D eigenvalue weighted by Crippen LogP contribution is -1.99. The average molecular weight is 285 g/mol. The molecule has 4 heteroatoms. The molecule has 1 aromatic heterocycles. The molecule has 1 heterocycles. The van der Waals surface area contributed by atoms with E-state index in [1.165, 1.54) is 0 Å². The molecular weight excluding hydrogens is 272 g/mol. The van der Waals surface area contributed by atoms with Crippen molar-refractivity contribution in [3.63, 3.8) is 0 Å². The second-order valence-electron chi connectivity index (χ2n) is 4.48. The fraction of sp³-hybridized carbons (Fsp3) is 0.0625. The molecule has 100 valence electrons. The molecule has 3 nitrogen and oxygen atoms in total. The summed E-state index contributed by atoms with van der Waals surface area (Å²) in [6, 6.07) is 17.0. The Balaban J connectivity index is 1.93. The maximum Gasteiger partial charge on any atom is 0.109 e. The molecule has 0 saturated carbocycles. The van der Waals surface area contributed by atoms with Crippen molar-refractivity contribution in [2.75, 3.05) is 0 Å². The van der Waals surface area contributed by atoms with E-state index in [9.17, 15) is 5.11 Å². The monoisotopic (exact) mass is 284 g/mol. The Hall–Kier alpha value is -2.10. The number of hydrogen-bond acceptors (Lipinski definition) is 2. The maximum absolute atomic E-state index is 10.4. The van der Waals surface area contributed by atoms with Crippen molar-refractivity contribution >= 4 is 11.6 Å². The van der Waals surface area contributed by atoms with E-state index in [1.54, 1.807) is 16.9 Å². The zero-order valence-corrected chi connectivity index (χ0v) is 11.4. The quantitative estimate of drug-likeness (QED) is 0.798. The minimum absolute atomic E-state index is 0.549. The first-order valence-corrected chi connectivity index (χ1v) is 6.66. The smallest absolute Gasteiger partial charge is 0.109 e. The SMILES string of the molecule is OC(c1cnn(-c2ccccc2)c1)c1ccccc1Cl. The van der Waals surface area contributed by atoms with Crippen LogP contribution in [0.15, 0.2) is 67.0 Å². The van der Waals surface area contributed by atoms with Gasteiger partial charge in [0.25, 0.3) is 0 Å². The molecule has 1 unspecified atom stereocenters. The van der Waals surface area contributed by atoms with Crippen molar-refractivity contribution < 1.29 is 5.11 Å². The van der Waals surface area contributed by atoms with Crippen LogP contribution in [0.5, 0.6) is 0 Å². The van der Waals surface area contributed by atoms with E-state index in [4.69, 9.17) is 11.6 Å². The molecule has 0 aliphatic heterocycles. The van der Waals surface area contributed by atoms with Gasteiger partial charge in [-0.3, -0.25) is 0 Å². The summed E-state index contributed by atoms with van der Waals surface area (Å²) in [6.45, 7) is 0. The van der Waals surface area contributed by atoms with E-state index in [1.807, 2.05) is 54.7 Å². The summed E-state index contributed by atoms with van der Waals surface area (Å²) in [4.78, 5) is 0. The first-order valence-electron chi connectivity index (χ1n) is 6.28. The number of aromatic nitrogens is 2. The Morgan fingerprint density at radius 2 is 1.70 bits per heavy atom. The van der Waals surface area contributed by atoms with Gasteiger partial charge in [-0.2, -0.15) is 5.10 Å². The van der Waals surface area contributed by atoms with Crippen LogP contribution in [0, 0.1) is 0 Å². The van der Waals surface area contributed by atoms with Crippen molar-refractivity contribution in [3.05, 3.63) is 83.1 Å². The fourth-order valence-electron chi connectivity index (χ4n) is 2.08. The average Bonchev–Trinajstić information content (AvgIpc) is 2.98. The highest BCUT2D eigenvalue weighted by Gasteiger charge is 2.15. The molecule has 0 amide bonds. The normalized spacial score (nSPS) is 12.3. The van der Waals surface area contributed by atoms with Gasteiger partial charge in [-0.05, 0) is 18.2 Å². The largest absolute Gasteiger partial charge is 0.383 e. The van der Waals surface area contributed by atoms with E-state index in [2.05, 4.69) is 5.10 Å². The predicted molar refractivity (Wildman–Crippen MR) is 79.1 cm³/mol. The number of benzene rings is 2. The van der Waals surface area contributed by atoms with Crippen molar-refractivity contribution in [2.24, 2.45) is 0 Å². The van der Waals surface area contributed by atoms with Crippen LogP contribution in [0.4, 0.5) is 0 Å². The maximum atomic E-state index is 10.4. The van der Waals surface area contributed by atoms with Gasteiger partial charge in [-0.25, -0.2) is 4.68 Å². The van der Waals surface area contributed by atoms with Crippen LogP contribution in [-0.4, -0.2) is 14.9 Å². The number of rotatable bonds is 3. The van der Waals surface area contributed by atoms with E-state index in [0.717, 1.165) is 5.69 Å². The zero-order valence-electron chi connectivity index (χ0n) is 10.6. The molecule has 3 rings (SSSR count). The van der Waals surface area contributed by atoms with Gasteiger partial charge in [0, 0.05) is 22.3 Å². The summed E-state index contributed by atoms with van der Waals surface area (Å²) in [5.74, 6) is 0. The summed E-state index contributed by atoms with van der Waals surface area (Å²) in [5, 5.41) is 15.2. The van der Waals surface area contributed by atoms with Crippen molar-refractivity contribution in [3.8, 4) is 5.69 Å². The number of halogens is 1. The molecule has 0 aliphatic carbocycles. The fourth-order valence-corrected chi connectivity index (χ4v) is 2.32. The number of nitrogens with zero attached hydrogens (tertiary/aromatic N) is 2. The Labute approximate surface area is 122 Å². The summed E-state index contributed by atoms with van der Waals surface area (Å²) in [6.07, 6.45) is 2.69. The number of aliphatic hydroxyl groups excluding tert-OH is 1. The lowest BCUT2D eigenvalue weighted by molar-refractivity contribution is 0.220. The van der Waals surface area contributed by atoms with Crippen LogP contribution < -0.4 is 0 Å². The zero-order chi connectivity index (χ0) is 13.9. The predicted octanol–water partition coefficient (Wildman–Crippen LogP) is 3.61. The van der Waals surface area contributed by atoms with E-state index in [0.29, 0.717) is 16.1 Å². The highest BCUT2D eigenvalue weighted by Crippen LogP contribution is 2.28. The third kappa shape index (κ3) is 2.46. The Morgan fingerprint density at radius 1 is 1.00 bits per heavy atom. The molecule has 3 aromatic rings. The van der Waals surface area contributed by atoms with Gasteiger partial charge in [0.2, 0.25) is 0 Å². The van der Waals surface area contributed by atoms with Gasteiger partial charge in [0.1, 0.15) is 6.10 Å². The Bertz CT molecular complexity index is 709. The summed E-state index contributed by atoms with van der Waals surface area (Å²) in [7, 11) is 0. The Morgan fingerprint density at radius 3 is 2.45 bits per heavy atom. The standard InChI is InChI=1S/C16H13ClN2O/c17-15-9-5-4-8-14(15)16(20)12-10-18-19(11-12)13-6-2-1-3-7-13/h1-11,16,20H. The molecule has 0 bridgehead atoms. The lowest BCUT2D eigenvalue weighted by Gasteiger charge is -2.10. The van der Waals surface area contributed by atoms with Gasteiger partial charge in [-0.1, -0.05) is 48.0 Å². The molecule has 0 spiro atoms. The first kappa shape index (κ1) is 12.9. The van der Waals surface area contributed by atoms with Crippen LogP contribution >= 0.6 is 11.6 Å². The molecule has 0 fully saturated rings. The molecule has 2 aromatic carbocycles. The second-order valence-corrected chi connectivity index (χ2v) is 4.89. The molecular formula is C16H13ClN2O. The number of para-hydroxylation sites is 1. The third-order valence-electron chi connectivity index (χ3n) is 3.14. The summed E-state index contributed by atoms with van der Waals surface area (Å²) < 4.78 is 1.73.